The Morgan fingerprint density at radius 2 is 1.33 bits per heavy atom. The maximum atomic E-state index is 6.11. The highest BCUT2D eigenvalue weighted by Gasteiger charge is 2.24. The molecular formula is C38H45N7O. The molecule has 46 heavy (non-hydrogen) atoms. The minimum atomic E-state index is 0.613. The number of rotatable bonds is 10. The van der Waals surface area contributed by atoms with E-state index in [2.05, 4.69) is 125 Å². The van der Waals surface area contributed by atoms with Crippen LogP contribution in [0.2, 0.25) is 0 Å². The molecule has 238 valence electrons. The van der Waals surface area contributed by atoms with Crippen LogP contribution in [0.5, 0.6) is 5.75 Å². The van der Waals surface area contributed by atoms with Crippen LogP contribution < -0.4 is 30.3 Å². The van der Waals surface area contributed by atoms with Crippen molar-refractivity contribution in [3.05, 3.63) is 91.0 Å². The van der Waals surface area contributed by atoms with Crippen LogP contribution in [0.1, 0.15) is 25.7 Å². The number of benzene rings is 4. The Balaban J connectivity index is 0.917. The zero-order valence-electron chi connectivity index (χ0n) is 27.0. The van der Waals surface area contributed by atoms with Crippen molar-refractivity contribution in [3.63, 3.8) is 0 Å². The first-order valence-electron chi connectivity index (χ1n) is 16.8. The summed E-state index contributed by atoms with van der Waals surface area (Å²) in [6.45, 7) is 5.60. The molecule has 0 unspecified atom stereocenters. The number of hydrogen-bond donors (Lipinski definition) is 2. The zero-order chi connectivity index (χ0) is 31.3. The van der Waals surface area contributed by atoms with Gasteiger partial charge in [-0.2, -0.15) is 10.5 Å². The number of aromatic nitrogens is 2. The Morgan fingerprint density at radius 1 is 0.674 bits per heavy atom. The van der Waals surface area contributed by atoms with E-state index in [0.29, 0.717) is 11.8 Å². The summed E-state index contributed by atoms with van der Waals surface area (Å²) in [7, 11) is 4.15. The number of nitrogens with zero attached hydrogens (tertiary/aromatic N) is 5. The Hall–Kier alpha value is -4.56. The molecule has 7 rings (SSSR count). The molecule has 5 aromatic rings. The standard InChI is InChI=1S/C38H45N7O/c1-43(2)35-16-8-14-32-31(35)13-9-17-36(32)46-40-27-29-20-18-28(19-21-29)26-39-38-41-34-15-7-6-12-33(34)37(42-38)45-24-22-44(23-25-45)30-10-4-3-5-11-30/h3-17,28-29,40H,18-27H2,1-2H3,(H,39,41,42)/t28-,29-. The highest BCUT2D eigenvalue weighted by Crippen LogP contribution is 2.33. The van der Waals surface area contributed by atoms with E-state index in [4.69, 9.17) is 14.8 Å². The lowest BCUT2D eigenvalue weighted by atomic mass is 9.82. The second kappa shape index (κ2) is 13.8. The van der Waals surface area contributed by atoms with Gasteiger partial charge in [-0.3, -0.25) is 0 Å². The molecule has 0 bridgehead atoms. The molecule has 2 aliphatic rings. The van der Waals surface area contributed by atoms with Crippen LogP contribution in [-0.2, 0) is 0 Å². The van der Waals surface area contributed by atoms with Crippen molar-refractivity contribution in [3.8, 4) is 5.75 Å². The van der Waals surface area contributed by atoms with Crippen LogP contribution in [-0.4, -0.2) is 63.3 Å². The van der Waals surface area contributed by atoms with E-state index in [0.717, 1.165) is 73.1 Å². The van der Waals surface area contributed by atoms with Crippen molar-refractivity contribution in [2.45, 2.75) is 25.7 Å². The van der Waals surface area contributed by atoms with E-state index in [1.54, 1.807) is 0 Å². The number of anilines is 4. The molecule has 0 spiro atoms. The van der Waals surface area contributed by atoms with Gasteiger partial charge in [0.1, 0.15) is 5.82 Å². The molecular weight excluding hydrogens is 570 g/mol. The first kappa shape index (κ1) is 30.1. The SMILES string of the molecule is CN(C)c1cccc2c(ONC[C@H]3CC[C@H](CNc4nc(N5CCN(c6ccccc6)CC5)c5ccccc5n4)CC3)cccc12. The monoisotopic (exact) mass is 615 g/mol. The van der Waals surface area contributed by atoms with Gasteiger partial charge in [0.25, 0.3) is 0 Å². The Kier molecular flexibility index (Phi) is 9.05. The van der Waals surface area contributed by atoms with Crippen molar-refractivity contribution in [2.24, 2.45) is 11.8 Å². The van der Waals surface area contributed by atoms with Crippen LogP contribution in [0.3, 0.4) is 0 Å². The van der Waals surface area contributed by atoms with Gasteiger partial charge in [0.15, 0.2) is 5.75 Å². The summed E-state index contributed by atoms with van der Waals surface area (Å²) in [5.41, 5.74) is 6.78. The summed E-state index contributed by atoms with van der Waals surface area (Å²) >= 11 is 0. The second-order valence-electron chi connectivity index (χ2n) is 12.9. The van der Waals surface area contributed by atoms with Crippen LogP contribution >= 0.6 is 0 Å². The van der Waals surface area contributed by atoms with Gasteiger partial charge in [-0.25, -0.2) is 4.98 Å². The predicted molar refractivity (Wildman–Crippen MR) is 191 cm³/mol. The Morgan fingerprint density at radius 3 is 2.11 bits per heavy atom. The molecule has 1 saturated carbocycles. The van der Waals surface area contributed by atoms with Crippen molar-refractivity contribution in [2.75, 3.05) is 73.4 Å². The molecule has 0 amide bonds. The third-order valence-corrected chi connectivity index (χ3v) is 9.69. The molecule has 2 fully saturated rings. The maximum absolute atomic E-state index is 6.11. The fourth-order valence-corrected chi connectivity index (χ4v) is 7.05. The molecule has 8 nitrogen and oxygen atoms in total. The van der Waals surface area contributed by atoms with Crippen molar-refractivity contribution in [1.29, 1.82) is 0 Å². The van der Waals surface area contributed by atoms with Gasteiger partial charge in [-0.15, -0.1) is 0 Å². The van der Waals surface area contributed by atoms with Crippen molar-refractivity contribution < 1.29 is 4.84 Å². The highest BCUT2D eigenvalue weighted by molar-refractivity contribution is 5.98. The molecule has 2 N–H and O–H groups in total. The molecule has 2 heterocycles. The summed E-state index contributed by atoms with van der Waals surface area (Å²) in [5.74, 6) is 3.89. The smallest absolute Gasteiger partial charge is 0.225 e. The number of fused-ring (bicyclic) bond motifs is 2. The minimum Gasteiger partial charge on any atom is -0.408 e. The summed E-state index contributed by atoms with van der Waals surface area (Å²) in [5, 5.41) is 7.08. The molecule has 8 heteroatoms. The first-order chi connectivity index (χ1) is 22.6. The predicted octanol–water partition coefficient (Wildman–Crippen LogP) is 6.98. The van der Waals surface area contributed by atoms with Gasteiger partial charge in [0.05, 0.1) is 5.52 Å². The number of hydroxylamine groups is 1. The molecule has 4 aromatic carbocycles. The van der Waals surface area contributed by atoms with Crippen LogP contribution in [0, 0.1) is 11.8 Å². The maximum Gasteiger partial charge on any atom is 0.225 e. The lowest BCUT2D eigenvalue weighted by Gasteiger charge is -2.37. The quantitative estimate of drug-likeness (QED) is 0.163. The van der Waals surface area contributed by atoms with Gasteiger partial charge < -0.3 is 24.9 Å². The van der Waals surface area contributed by atoms with E-state index in [1.165, 1.54) is 42.4 Å². The van der Waals surface area contributed by atoms with Gasteiger partial charge >= 0.3 is 0 Å². The molecule has 0 atom stereocenters. The van der Waals surface area contributed by atoms with E-state index >= 15 is 0 Å². The Labute approximate surface area is 272 Å². The number of piperazine rings is 1. The molecule has 1 aliphatic carbocycles. The van der Waals surface area contributed by atoms with Crippen LogP contribution in [0.15, 0.2) is 91.0 Å². The van der Waals surface area contributed by atoms with Gasteiger partial charge in [0.2, 0.25) is 5.95 Å². The summed E-state index contributed by atoms with van der Waals surface area (Å²) in [6.07, 6.45) is 4.78. The largest absolute Gasteiger partial charge is 0.408 e. The van der Waals surface area contributed by atoms with Crippen molar-refractivity contribution in [1.82, 2.24) is 15.4 Å². The minimum absolute atomic E-state index is 0.613. The molecule has 0 radical (unpaired) electrons. The van der Waals surface area contributed by atoms with E-state index in [-0.39, 0.29) is 0 Å². The topological polar surface area (TPSA) is 68.8 Å². The van der Waals surface area contributed by atoms with Crippen LogP contribution in [0.25, 0.3) is 21.7 Å². The molecule has 1 saturated heterocycles. The fraction of sp³-hybridized carbons (Fsp3) is 0.368. The first-order valence-corrected chi connectivity index (χ1v) is 16.8. The third kappa shape index (κ3) is 6.67. The van der Waals surface area contributed by atoms with Crippen LogP contribution in [0.4, 0.5) is 23.1 Å². The molecule has 1 aromatic heterocycles. The lowest BCUT2D eigenvalue weighted by molar-refractivity contribution is 0.157. The lowest BCUT2D eigenvalue weighted by Crippen LogP contribution is -2.47. The zero-order valence-corrected chi connectivity index (χ0v) is 27.0. The van der Waals surface area contributed by atoms with Gasteiger partial charge in [0, 0.05) is 80.9 Å². The average Bonchev–Trinajstić information content (AvgIpc) is 3.11. The third-order valence-electron chi connectivity index (χ3n) is 9.69. The van der Waals surface area contributed by atoms with Crippen molar-refractivity contribution >= 4 is 44.8 Å². The van der Waals surface area contributed by atoms with E-state index < -0.39 is 0 Å². The second-order valence-corrected chi connectivity index (χ2v) is 12.9. The summed E-state index contributed by atoms with van der Waals surface area (Å²) in [6, 6.07) is 31.7. The average molecular weight is 616 g/mol. The highest BCUT2D eigenvalue weighted by atomic mass is 16.6. The van der Waals surface area contributed by atoms with E-state index in [9.17, 15) is 0 Å². The normalized spacial score (nSPS) is 18.6. The number of nitrogens with one attached hydrogen (secondary N) is 2. The van der Waals surface area contributed by atoms with Gasteiger partial charge in [-0.05, 0) is 73.9 Å². The van der Waals surface area contributed by atoms with Gasteiger partial charge in [-0.1, -0.05) is 54.6 Å². The molecule has 1 aliphatic heterocycles. The summed E-state index contributed by atoms with van der Waals surface area (Å²) < 4.78 is 0. The summed E-state index contributed by atoms with van der Waals surface area (Å²) in [4.78, 5) is 23.1. The Bertz CT molecular complexity index is 1750. The van der Waals surface area contributed by atoms with E-state index in [1.807, 2.05) is 6.07 Å². The number of hydrogen-bond acceptors (Lipinski definition) is 8. The number of para-hydroxylation sites is 2. The fourth-order valence-electron chi connectivity index (χ4n) is 7.05.